The van der Waals surface area contributed by atoms with Gasteiger partial charge in [-0.05, 0) is 18.2 Å². The predicted octanol–water partition coefficient (Wildman–Crippen LogP) is -0.504. The van der Waals surface area contributed by atoms with E-state index in [1.807, 2.05) is 30.3 Å². The molecule has 1 aliphatic heterocycles. The molecular weight excluding hydrogens is 426 g/mol. The van der Waals surface area contributed by atoms with E-state index in [0.717, 1.165) is 21.8 Å². The Balaban J connectivity index is 1.44. The molecule has 1 aliphatic rings. The lowest BCUT2D eigenvalue weighted by Gasteiger charge is -2.38. The fraction of sp³-hybridized carbons (Fsp3) is 0.333. The number of hydrogen-bond donors (Lipinski definition) is 6. The van der Waals surface area contributed by atoms with Crippen LogP contribution < -0.4 is 4.74 Å². The number of ether oxygens (including phenoxy) is 3. The average molecular weight is 447 g/mol. The van der Waals surface area contributed by atoms with Crippen molar-refractivity contribution in [2.24, 2.45) is 0 Å². The summed E-state index contributed by atoms with van der Waals surface area (Å²) >= 11 is 0. The van der Waals surface area contributed by atoms with Crippen LogP contribution in [0.1, 0.15) is 0 Å². The van der Waals surface area contributed by atoms with Crippen molar-refractivity contribution in [3.63, 3.8) is 0 Å². The van der Waals surface area contributed by atoms with Crippen molar-refractivity contribution < 1.29 is 49.3 Å². The number of carboxylic acid groups (broad SMARTS) is 1. The third-order valence-electron chi connectivity index (χ3n) is 5.21. The molecule has 0 amide bonds. The summed E-state index contributed by atoms with van der Waals surface area (Å²) in [5, 5.41) is 50.2. The highest BCUT2D eigenvalue weighted by Crippen LogP contribution is 2.33. The minimum atomic E-state index is -1.93. The Kier molecular flexibility index (Phi) is 6.00. The van der Waals surface area contributed by atoms with Crippen molar-refractivity contribution in [3.8, 4) is 5.75 Å². The van der Waals surface area contributed by atoms with Crippen LogP contribution in [-0.4, -0.2) is 85.9 Å². The molecular formula is C21H21NO10. The third-order valence-corrected chi connectivity index (χ3v) is 5.21. The number of aliphatic hydroxyl groups excluding tert-OH is 4. The second-order valence-corrected chi connectivity index (χ2v) is 7.35. The summed E-state index contributed by atoms with van der Waals surface area (Å²) in [5.41, 5.74) is 1.68. The van der Waals surface area contributed by atoms with Gasteiger partial charge in [0, 0.05) is 16.3 Å². The number of benzene rings is 2. The molecule has 11 heteroatoms. The molecule has 0 saturated carbocycles. The van der Waals surface area contributed by atoms with Gasteiger partial charge in [-0.25, -0.2) is 9.59 Å². The first-order chi connectivity index (χ1) is 15.3. The number of aromatic amines is 1. The maximum absolute atomic E-state index is 12.2. The maximum Gasteiger partial charge on any atom is 0.340 e. The quantitative estimate of drug-likeness (QED) is 0.270. The summed E-state index contributed by atoms with van der Waals surface area (Å²) in [4.78, 5) is 26.6. The van der Waals surface area contributed by atoms with Crippen LogP contribution in [0.2, 0.25) is 0 Å². The van der Waals surface area contributed by atoms with Gasteiger partial charge in [-0.1, -0.05) is 24.3 Å². The molecule has 2 aromatic carbocycles. The van der Waals surface area contributed by atoms with Crippen molar-refractivity contribution in [1.29, 1.82) is 0 Å². The molecule has 1 fully saturated rings. The van der Waals surface area contributed by atoms with Crippen LogP contribution in [0.3, 0.4) is 0 Å². The number of aliphatic hydroxyl groups is 4. The molecule has 11 nitrogen and oxygen atoms in total. The number of aliphatic carboxylic acids is 1. The van der Waals surface area contributed by atoms with Crippen molar-refractivity contribution in [2.45, 2.75) is 36.8 Å². The zero-order chi connectivity index (χ0) is 23.0. The fourth-order valence-corrected chi connectivity index (χ4v) is 3.57. The maximum atomic E-state index is 12.2. The van der Waals surface area contributed by atoms with E-state index in [1.165, 1.54) is 0 Å². The van der Waals surface area contributed by atoms with Gasteiger partial charge in [-0.3, -0.25) is 0 Å². The lowest BCUT2D eigenvalue weighted by atomic mass is 9.99. The SMILES string of the molecule is O=C(O[C@@H]1O[C@H](C(=O)O)[C@@H](O)[C@H](O)[C@H]1O)C(O)COc1cccc2[nH]c3ccccc3c12. The van der Waals surface area contributed by atoms with Crippen molar-refractivity contribution in [2.75, 3.05) is 6.61 Å². The van der Waals surface area contributed by atoms with E-state index in [4.69, 9.17) is 19.3 Å². The van der Waals surface area contributed by atoms with Gasteiger partial charge in [0.2, 0.25) is 6.29 Å². The van der Waals surface area contributed by atoms with Crippen LogP contribution in [0, 0.1) is 0 Å². The molecule has 0 spiro atoms. The number of carbonyl (C=O) groups excluding carboxylic acids is 1. The van der Waals surface area contributed by atoms with Gasteiger partial charge in [0.1, 0.15) is 30.7 Å². The van der Waals surface area contributed by atoms with E-state index >= 15 is 0 Å². The van der Waals surface area contributed by atoms with Crippen LogP contribution in [0.5, 0.6) is 5.75 Å². The van der Waals surface area contributed by atoms with E-state index in [9.17, 15) is 30.0 Å². The first-order valence-electron chi connectivity index (χ1n) is 9.71. The molecule has 4 rings (SSSR count). The van der Waals surface area contributed by atoms with E-state index in [2.05, 4.69) is 4.98 Å². The summed E-state index contributed by atoms with van der Waals surface area (Å²) in [6.45, 7) is -0.506. The lowest BCUT2D eigenvalue weighted by molar-refractivity contribution is -0.288. The summed E-state index contributed by atoms with van der Waals surface area (Å²) in [5.74, 6) is -2.49. The molecule has 3 aromatic rings. The normalized spacial score (nSPS) is 26.7. The number of carboxylic acids is 1. The summed E-state index contributed by atoms with van der Waals surface area (Å²) in [6, 6.07) is 12.8. The highest BCUT2D eigenvalue weighted by atomic mass is 16.7. The average Bonchev–Trinajstić information content (AvgIpc) is 3.16. The molecule has 32 heavy (non-hydrogen) atoms. The summed E-state index contributed by atoms with van der Waals surface area (Å²) in [7, 11) is 0. The Morgan fingerprint density at radius 1 is 1.00 bits per heavy atom. The van der Waals surface area contributed by atoms with E-state index in [0.29, 0.717) is 5.75 Å². The van der Waals surface area contributed by atoms with Gasteiger partial charge in [-0.15, -0.1) is 0 Å². The molecule has 1 aromatic heterocycles. The van der Waals surface area contributed by atoms with Crippen LogP contribution in [-0.2, 0) is 19.1 Å². The number of H-pyrrole nitrogens is 1. The zero-order valence-corrected chi connectivity index (χ0v) is 16.5. The van der Waals surface area contributed by atoms with Gasteiger partial charge in [0.15, 0.2) is 12.2 Å². The third kappa shape index (κ3) is 3.99. The second-order valence-electron chi connectivity index (χ2n) is 7.35. The lowest BCUT2D eigenvalue weighted by Crippen LogP contribution is -2.61. The number of para-hydroxylation sites is 1. The Hall–Kier alpha value is -3.22. The Morgan fingerprint density at radius 2 is 1.72 bits per heavy atom. The van der Waals surface area contributed by atoms with Gasteiger partial charge in [0.25, 0.3) is 0 Å². The van der Waals surface area contributed by atoms with E-state index in [1.54, 1.807) is 12.1 Å². The topological polar surface area (TPSA) is 179 Å². The number of rotatable bonds is 6. The number of nitrogens with one attached hydrogen (secondary N) is 1. The Labute approximate surface area is 180 Å². The molecule has 1 unspecified atom stereocenters. The van der Waals surface area contributed by atoms with Crippen LogP contribution >= 0.6 is 0 Å². The van der Waals surface area contributed by atoms with Crippen molar-refractivity contribution in [3.05, 3.63) is 42.5 Å². The number of carbonyl (C=O) groups is 2. The van der Waals surface area contributed by atoms with Gasteiger partial charge in [0.05, 0.1) is 5.52 Å². The van der Waals surface area contributed by atoms with Crippen molar-refractivity contribution in [1.82, 2.24) is 4.98 Å². The van der Waals surface area contributed by atoms with Crippen LogP contribution in [0.25, 0.3) is 21.8 Å². The monoisotopic (exact) mass is 447 g/mol. The first-order valence-corrected chi connectivity index (χ1v) is 9.71. The molecule has 170 valence electrons. The number of aromatic nitrogens is 1. The smallest absolute Gasteiger partial charge is 0.340 e. The molecule has 2 heterocycles. The first kappa shape index (κ1) is 22.0. The second kappa shape index (κ2) is 8.73. The summed E-state index contributed by atoms with van der Waals surface area (Å²) < 4.78 is 15.3. The standard InChI is InChI=1S/C21H21NO10/c23-12(20(29)32-21-17(26)15(24)16(25)18(31-21)19(27)28)8-30-13-7-3-6-11-14(13)9-4-1-2-5-10(9)22-11/h1-7,12,15-18,21-26H,8H2,(H,27,28)/t12?,15-,16-,17+,18-,21-/m0/s1. The Bertz CT molecular complexity index is 1140. The van der Waals surface area contributed by atoms with E-state index < -0.39 is 55.4 Å². The minimum absolute atomic E-state index is 0.408. The van der Waals surface area contributed by atoms with Crippen molar-refractivity contribution >= 4 is 33.7 Å². The molecule has 1 saturated heterocycles. The largest absolute Gasteiger partial charge is 0.490 e. The van der Waals surface area contributed by atoms with Crippen LogP contribution in [0.4, 0.5) is 0 Å². The van der Waals surface area contributed by atoms with Gasteiger partial charge < -0.3 is 44.7 Å². The van der Waals surface area contributed by atoms with Gasteiger partial charge >= 0.3 is 11.9 Å². The molecule has 0 aliphatic carbocycles. The molecule has 6 atom stereocenters. The number of fused-ring (bicyclic) bond motifs is 3. The fourth-order valence-electron chi connectivity index (χ4n) is 3.57. The van der Waals surface area contributed by atoms with E-state index in [-0.39, 0.29) is 0 Å². The number of hydrogen-bond acceptors (Lipinski definition) is 9. The highest BCUT2D eigenvalue weighted by molar-refractivity contribution is 6.10. The predicted molar refractivity (Wildman–Crippen MR) is 108 cm³/mol. The molecule has 0 radical (unpaired) electrons. The minimum Gasteiger partial charge on any atom is -0.490 e. The highest BCUT2D eigenvalue weighted by Gasteiger charge is 2.48. The zero-order valence-electron chi connectivity index (χ0n) is 16.5. The molecule has 0 bridgehead atoms. The Morgan fingerprint density at radius 3 is 2.47 bits per heavy atom. The molecule has 6 N–H and O–H groups in total. The summed E-state index contributed by atoms with van der Waals surface area (Å²) in [6.07, 6.45) is -11.4. The number of esters is 1. The van der Waals surface area contributed by atoms with Crippen LogP contribution in [0.15, 0.2) is 42.5 Å². The van der Waals surface area contributed by atoms with Gasteiger partial charge in [-0.2, -0.15) is 0 Å².